The Labute approximate surface area is 292 Å². The molecule has 2 bridgehead atoms. The van der Waals surface area contributed by atoms with E-state index >= 15 is 0 Å². The number of sulfonamides is 3. The Bertz CT molecular complexity index is 2030. The van der Waals surface area contributed by atoms with Crippen molar-refractivity contribution in [2.75, 3.05) is 26.2 Å². The molecule has 2 aliphatic rings. The minimum atomic E-state index is -4.15. The van der Waals surface area contributed by atoms with Crippen LogP contribution in [-0.4, -0.2) is 64.3 Å². The average molecular weight is 724 g/mol. The highest BCUT2D eigenvalue weighted by Gasteiger charge is 2.34. The van der Waals surface area contributed by atoms with Gasteiger partial charge in [-0.2, -0.15) is 12.9 Å². The summed E-state index contributed by atoms with van der Waals surface area (Å²) >= 11 is 0. The van der Waals surface area contributed by atoms with Gasteiger partial charge in [0.25, 0.3) is 0 Å². The summed E-state index contributed by atoms with van der Waals surface area (Å²) in [4.78, 5) is 0.283. The largest absolute Gasteiger partial charge is 0.243 e. The summed E-state index contributed by atoms with van der Waals surface area (Å²) in [5.74, 6) is 0. The van der Waals surface area contributed by atoms with Crippen LogP contribution in [-0.2, 0) is 43.2 Å². The molecule has 6 rings (SSSR count). The number of benzene rings is 4. The molecule has 12 heteroatoms. The van der Waals surface area contributed by atoms with Gasteiger partial charge in [0.2, 0.25) is 30.1 Å². The van der Waals surface area contributed by atoms with Crippen molar-refractivity contribution < 1.29 is 25.3 Å². The van der Waals surface area contributed by atoms with Crippen LogP contribution in [0.1, 0.15) is 50.1 Å². The van der Waals surface area contributed by atoms with Crippen LogP contribution in [0, 0.1) is 48.5 Å². The molecule has 0 amide bonds. The predicted octanol–water partition coefficient (Wildman–Crippen LogP) is 5.93. The Hall–Kier alpha value is -3.39. The van der Waals surface area contributed by atoms with E-state index in [9.17, 15) is 25.3 Å². The lowest BCUT2D eigenvalue weighted by molar-refractivity contribution is 0.312. The predicted molar refractivity (Wildman–Crippen MR) is 193 cm³/mol. The van der Waals surface area contributed by atoms with Crippen LogP contribution in [0.25, 0.3) is 0 Å². The molecule has 2 heterocycles. The highest BCUT2D eigenvalue weighted by molar-refractivity contribution is 7.89. The zero-order valence-electron chi connectivity index (χ0n) is 29.2. The van der Waals surface area contributed by atoms with Crippen molar-refractivity contribution >= 4 is 30.1 Å². The molecule has 0 fully saturated rings. The molecule has 0 aliphatic carbocycles. The van der Waals surface area contributed by atoms with Crippen LogP contribution in [0.3, 0.4) is 0 Å². The van der Waals surface area contributed by atoms with Crippen molar-refractivity contribution in [2.45, 2.75) is 76.2 Å². The first-order chi connectivity index (χ1) is 22.9. The molecule has 2 aliphatic heterocycles. The summed E-state index contributed by atoms with van der Waals surface area (Å²) < 4.78 is 89.5. The summed E-state index contributed by atoms with van der Waals surface area (Å²) in [5, 5.41) is 0. The minimum absolute atomic E-state index is 0.0274. The molecule has 0 saturated heterocycles. The molecule has 0 unspecified atom stereocenters. The van der Waals surface area contributed by atoms with Gasteiger partial charge in [0.15, 0.2) is 0 Å². The average Bonchev–Trinajstić information content (AvgIpc) is 3.07. The van der Waals surface area contributed by atoms with Gasteiger partial charge in [-0.15, -0.1) is 0 Å². The lowest BCUT2D eigenvalue weighted by Gasteiger charge is -2.29. The van der Waals surface area contributed by atoms with E-state index < -0.39 is 30.1 Å². The molecule has 49 heavy (non-hydrogen) atoms. The van der Waals surface area contributed by atoms with Crippen LogP contribution < -0.4 is 0 Å². The SMILES string of the molecule is Cc1ccc(S(=O)(=O)N2CCN(S(=O)(=O)c3ccc(C)cc3)Cc3c(C)c(C)c(c(C)c3C)CN(S(=O)(=O)c3ccc(C)cc3)CC2)cc1. The van der Waals surface area contributed by atoms with Crippen molar-refractivity contribution in [3.8, 4) is 0 Å². The van der Waals surface area contributed by atoms with Gasteiger partial charge in [-0.25, -0.2) is 25.3 Å². The van der Waals surface area contributed by atoms with Crippen molar-refractivity contribution in [2.24, 2.45) is 0 Å². The Kier molecular flexibility index (Phi) is 10.6. The summed E-state index contributed by atoms with van der Waals surface area (Å²) in [6.07, 6.45) is 0. The molecule has 0 saturated carbocycles. The third-order valence-electron chi connectivity index (χ3n) is 9.78. The van der Waals surface area contributed by atoms with Crippen LogP contribution >= 0.6 is 0 Å². The molecule has 9 nitrogen and oxygen atoms in total. The van der Waals surface area contributed by atoms with Crippen molar-refractivity contribution in [1.82, 2.24) is 12.9 Å². The number of rotatable bonds is 6. The monoisotopic (exact) mass is 723 g/mol. The first-order valence-corrected chi connectivity index (χ1v) is 20.5. The van der Waals surface area contributed by atoms with E-state index in [-0.39, 0.29) is 54.0 Å². The smallest absolute Gasteiger partial charge is 0.207 e. The second kappa shape index (κ2) is 14.1. The van der Waals surface area contributed by atoms with Gasteiger partial charge in [0.1, 0.15) is 0 Å². The summed E-state index contributed by atoms with van der Waals surface area (Å²) in [5.41, 5.74) is 7.84. The topological polar surface area (TPSA) is 112 Å². The van der Waals surface area contributed by atoms with E-state index in [1.165, 1.54) is 25.0 Å². The third-order valence-corrected chi connectivity index (χ3v) is 15.4. The molecular formula is C37H45N3O6S3. The van der Waals surface area contributed by atoms with Crippen LogP contribution in [0.15, 0.2) is 87.5 Å². The fourth-order valence-corrected chi connectivity index (χ4v) is 10.5. The summed E-state index contributed by atoms with van der Waals surface area (Å²) in [6.45, 7) is 12.7. The maximum Gasteiger partial charge on any atom is 0.243 e. The molecule has 0 spiro atoms. The van der Waals surface area contributed by atoms with Crippen molar-refractivity contribution in [3.63, 3.8) is 0 Å². The van der Waals surface area contributed by atoms with Crippen LogP contribution in [0.2, 0.25) is 0 Å². The van der Waals surface area contributed by atoms with E-state index in [0.29, 0.717) is 0 Å². The summed E-state index contributed by atoms with van der Waals surface area (Å²) in [6, 6.07) is 19.7. The minimum Gasteiger partial charge on any atom is -0.207 e. The Morgan fingerprint density at radius 2 is 0.592 bits per heavy atom. The number of nitrogens with zero attached hydrogens (tertiary/aromatic N) is 3. The molecule has 0 atom stereocenters. The van der Waals surface area contributed by atoms with Crippen LogP contribution in [0.4, 0.5) is 0 Å². The number of hydrogen-bond donors (Lipinski definition) is 0. The standard InChI is InChI=1S/C37H45N3O6S3/c1-26-8-14-33(15-9-26)47(41,42)38-20-22-39(48(43,44)34-16-10-27(2)11-17-34)24-36-29(4)31(6)37(32(7)30(36)5)25-40(23-21-38)49(45,46)35-18-12-28(3)13-19-35/h8-19H,20-25H2,1-7H3. The Morgan fingerprint density at radius 3 is 0.857 bits per heavy atom. The third kappa shape index (κ3) is 7.40. The maximum atomic E-state index is 14.3. The van der Waals surface area contributed by atoms with Gasteiger partial charge in [-0.1, -0.05) is 53.1 Å². The Balaban J connectivity index is 1.68. The van der Waals surface area contributed by atoms with Crippen molar-refractivity contribution in [3.05, 3.63) is 123 Å². The number of fused-ring (bicyclic) bond motifs is 10. The fourth-order valence-electron chi connectivity index (χ4n) is 6.24. The molecule has 262 valence electrons. The van der Waals surface area contributed by atoms with Gasteiger partial charge in [-0.05, 0) is 118 Å². The maximum absolute atomic E-state index is 14.3. The molecule has 4 aromatic rings. The highest BCUT2D eigenvalue weighted by Crippen LogP contribution is 2.32. The lowest BCUT2D eigenvalue weighted by Crippen LogP contribution is -2.44. The van der Waals surface area contributed by atoms with E-state index in [4.69, 9.17) is 0 Å². The van der Waals surface area contributed by atoms with Gasteiger partial charge < -0.3 is 0 Å². The number of aryl methyl sites for hydroxylation is 3. The normalized spacial score (nSPS) is 16.2. The first kappa shape index (κ1) is 36.9. The molecule has 0 N–H and O–H groups in total. The summed E-state index contributed by atoms with van der Waals surface area (Å²) in [7, 11) is -12.3. The van der Waals surface area contributed by atoms with Gasteiger partial charge >= 0.3 is 0 Å². The first-order valence-electron chi connectivity index (χ1n) is 16.2. The van der Waals surface area contributed by atoms with E-state index in [0.717, 1.165) is 50.1 Å². The Morgan fingerprint density at radius 1 is 0.367 bits per heavy atom. The molecule has 0 aromatic heterocycles. The fraction of sp³-hybridized carbons (Fsp3) is 0.351. The van der Waals surface area contributed by atoms with Gasteiger partial charge in [-0.3, -0.25) is 0 Å². The second-order valence-electron chi connectivity index (χ2n) is 13.0. The van der Waals surface area contributed by atoms with Crippen molar-refractivity contribution in [1.29, 1.82) is 0 Å². The second-order valence-corrected chi connectivity index (χ2v) is 18.8. The van der Waals surface area contributed by atoms with E-state index in [2.05, 4.69) is 0 Å². The zero-order chi connectivity index (χ0) is 35.9. The molecule has 4 aromatic carbocycles. The van der Waals surface area contributed by atoms with Crippen LogP contribution in [0.5, 0.6) is 0 Å². The van der Waals surface area contributed by atoms with Gasteiger partial charge in [0.05, 0.1) is 14.7 Å². The quantitative estimate of drug-likeness (QED) is 0.228. The van der Waals surface area contributed by atoms with Gasteiger partial charge in [0, 0.05) is 39.3 Å². The van der Waals surface area contributed by atoms with E-state index in [1.807, 2.05) is 48.5 Å². The number of hydrogen-bond acceptors (Lipinski definition) is 6. The molecular weight excluding hydrogens is 679 g/mol. The zero-order valence-corrected chi connectivity index (χ0v) is 31.6. The highest BCUT2D eigenvalue weighted by atomic mass is 32.2. The lowest BCUT2D eigenvalue weighted by atomic mass is 9.88. The van der Waals surface area contributed by atoms with E-state index in [1.54, 1.807) is 60.7 Å². The molecule has 0 radical (unpaired) electrons.